The van der Waals surface area contributed by atoms with Gasteiger partial charge in [-0.1, -0.05) is 78.9 Å². The Morgan fingerprint density at radius 2 is 1.34 bits per heavy atom. The van der Waals surface area contributed by atoms with Crippen LogP contribution in [0.15, 0.2) is 102 Å². The van der Waals surface area contributed by atoms with Gasteiger partial charge in [-0.05, 0) is 41.5 Å². The lowest BCUT2D eigenvalue weighted by atomic mass is 10.2. The maximum absolute atomic E-state index is 10.0. The molecule has 0 amide bonds. The minimum atomic E-state index is -4.58. The molecule has 5 nitrogen and oxygen atoms in total. The van der Waals surface area contributed by atoms with Gasteiger partial charge in [0.25, 0.3) is 0 Å². The van der Waals surface area contributed by atoms with E-state index in [-0.39, 0.29) is 17.5 Å². The molecule has 0 fully saturated rings. The van der Waals surface area contributed by atoms with E-state index in [0.29, 0.717) is 5.75 Å². The van der Waals surface area contributed by atoms with Crippen molar-refractivity contribution in [2.45, 2.75) is 4.90 Å². The van der Waals surface area contributed by atoms with Crippen LogP contribution in [0.4, 0.5) is 0 Å². The van der Waals surface area contributed by atoms with Crippen molar-refractivity contribution in [2.75, 3.05) is 18.6 Å². The molecule has 0 bridgehead atoms. The summed E-state index contributed by atoms with van der Waals surface area (Å²) < 4.78 is 34.1. The van der Waals surface area contributed by atoms with Crippen molar-refractivity contribution < 1.29 is 22.3 Å². The fraction of sp³-hybridized carbons (Fsp3) is 0.120. The van der Waals surface area contributed by atoms with Crippen molar-refractivity contribution in [3.63, 3.8) is 0 Å². The second kappa shape index (κ2) is 13.5. The Labute approximate surface area is 193 Å². The number of aromatic hydroxyl groups is 1. The smallest absolute Gasteiger partial charge is 0.217 e. The molecule has 0 radical (unpaired) electrons. The van der Waals surface area contributed by atoms with Gasteiger partial charge in [0.05, 0.1) is 6.61 Å². The van der Waals surface area contributed by atoms with E-state index in [1.165, 1.54) is 16.5 Å². The SMILES string of the molecule is C[S+](C/C=C/c1ccccc1)c1ccc(O)cc1.O=S(=O)([O-])OC/C=C/c1ccccc1. The molecule has 32 heavy (non-hydrogen) atoms. The zero-order valence-electron chi connectivity index (χ0n) is 17.7. The van der Waals surface area contributed by atoms with Crippen LogP contribution < -0.4 is 0 Å². The lowest BCUT2D eigenvalue weighted by Gasteiger charge is -2.03. The second-order valence-electron chi connectivity index (χ2n) is 6.62. The van der Waals surface area contributed by atoms with E-state index in [0.717, 1.165) is 11.3 Å². The lowest BCUT2D eigenvalue weighted by Crippen LogP contribution is -2.03. The predicted molar refractivity (Wildman–Crippen MR) is 131 cm³/mol. The standard InChI is InChI=1S/C16H16OS.C9H10O4S/c1-18(16-11-9-15(17)10-12-16)13-5-8-14-6-3-2-4-7-14;10-14(11,12)13-8-4-7-9-5-2-1-3-6-9/h2-12H,13H2,1H3;1-7H,8H2,(H,10,11,12)/b8-5+;7-4+. The van der Waals surface area contributed by atoms with Crippen molar-refractivity contribution in [3.8, 4) is 5.75 Å². The zero-order chi connectivity index (χ0) is 23.2. The number of hydrogen-bond acceptors (Lipinski definition) is 5. The van der Waals surface area contributed by atoms with E-state index in [2.05, 4.69) is 34.7 Å². The molecular weight excluding hydrogens is 444 g/mol. The summed E-state index contributed by atoms with van der Waals surface area (Å²) in [7, 11) is -4.39. The third-order valence-corrected chi connectivity index (χ3v) is 6.31. The van der Waals surface area contributed by atoms with Gasteiger partial charge in [0.1, 0.15) is 17.8 Å². The first-order valence-electron chi connectivity index (χ1n) is 9.78. The van der Waals surface area contributed by atoms with E-state index in [4.69, 9.17) is 0 Å². The number of benzene rings is 3. The molecule has 0 aliphatic rings. The highest BCUT2D eigenvalue weighted by Gasteiger charge is 2.12. The number of phenols is 1. The summed E-state index contributed by atoms with van der Waals surface area (Å²) in [4.78, 5) is 1.28. The monoisotopic (exact) mass is 470 g/mol. The number of rotatable bonds is 8. The molecule has 0 aromatic heterocycles. The van der Waals surface area contributed by atoms with Crippen LogP contribution in [0.2, 0.25) is 0 Å². The highest BCUT2D eigenvalue weighted by molar-refractivity contribution is 7.96. The summed E-state index contributed by atoms with van der Waals surface area (Å²) >= 11 is 0. The van der Waals surface area contributed by atoms with Gasteiger partial charge in [0, 0.05) is 10.9 Å². The third kappa shape index (κ3) is 11.0. The molecule has 0 heterocycles. The summed E-state index contributed by atoms with van der Waals surface area (Å²) in [6.07, 6.45) is 9.73. The van der Waals surface area contributed by atoms with Crippen molar-refractivity contribution in [1.82, 2.24) is 0 Å². The van der Waals surface area contributed by atoms with Gasteiger partial charge in [-0.3, -0.25) is 4.18 Å². The zero-order valence-corrected chi connectivity index (χ0v) is 19.3. The number of phenolic OH excluding ortho intramolecular Hbond substituents is 1. The van der Waals surface area contributed by atoms with Crippen LogP contribution in [0.3, 0.4) is 0 Å². The molecule has 0 saturated heterocycles. The van der Waals surface area contributed by atoms with Crippen LogP contribution in [0, 0.1) is 0 Å². The fourth-order valence-corrected chi connectivity index (χ4v) is 3.96. The summed E-state index contributed by atoms with van der Waals surface area (Å²) in [6.45, 7) is -0.235. The molecule has 0 aliphatic carbocycles. The van der Waals surface area contributed by atoms with Crippen molar-refractivity contribution >= 4 is 33.4 Å². The van der Waals surface area contributed by atoms with Gasteiger partial charge in [-0.2, -0.15) is 0 Å². The fourth-order valence-electron chi connectivity index (χ4n) is 2.54. The predicted octanol–water partition coefficient (Wildman–Crippen LogP) is 4.89. The van der Waals surface area contributed by atoms with Crippen LogP contribution >= 0.6 is 0 Å². The van der Waals surface area contributed by atoms with Crippen molar-refractivity contribution in [2.24, 2.45) is 0 Å². The summed E-state index contributed by atoms with van der Waals surface area (Å²) in [6, 6.07) is 27.1. The van der Waals surface area contributed by atoms with E-state index in [1.807, 2.05) is 60.7 Å². The molecular formula is C25H26O5S2. The van der Waals surface area contributed by atoms with Gasteiger partial charge >= 0.3 is 0 Å². The van der Waals surface area contributed by atoms with E-state index in [9.17, 15) is 18.1 Å². The Hall–Kier alpha value is -2.84. The average Bonchev–Trinajstić information content (AvgIpc) is 2.78. The van der Waals surface area contributed by atoms with E-state index >= 15 is 0 Å². The first kappa shape index (κ1) is 25.4. The van der Waals surface area contributed by atoms with Gasteiger partial charge < -0.3 is 9.66 Å². The Balaban J connectivity index is 0.000000235. The average molecular weight is 471 g/mol. The summed E-state index contributed by atoms with van der Waals surface area (Å²) in [5.74, 6) is 1.36. The summed E-state index contributed by atoms with van der Waals surface area (Å²) in [5, 5.41) is 9.25. The van der Waals surface area contributed by atoms with Gasteiger partial charge in [-0.25, -0.2) is 8.42 Å². The normalized spacial score (nSPS) is 12.4. The Morgan fingerprint density at radius 3 is 1.84 bits per heavy atom. The van der Waals surface area contributed by atoms with Crippen molar-refractivity contribution in [3.05, 3.63) is 108 Å². The van der Waals surface area contributed by atoms with Gasteiger partial charge in [0.15, 0.2) is 4.90 Å². The second-order valence-corrected chi connectivity index (χ2v) is 9.75. The van der Waals surface area contributed by atoms with Gasteiger partial charge in [-0.15, -0.1) is 0 Å². The first-order chi connectivity index (χ1) is 15.3. The quantitative estimate of drug-likeness (QED) is 0.288. The maximum Gasteiger partial charge on any atom is 0.217 e. The van der Waals surface area contributed by atoms with Crippen LogP contribution in [0.25, 0.3) is 12.2 Å². The molecule has 3 aromatic carbocycles. The topological polar surface area (TPSA) is 86.7 Å². The molecule has 0 aliphatic heterocycles. The van der Waals surface area contributed by atoms with Crippen LogP contribution in [0.5, 0.6) is 5.75 Å². The first-order valence-corrected chi connectivity index (χ1v) is 12.9. The lowest BCUT2D eigenvalue weighted by molar-refractivity contribution is 0.288. The Morgan fingerprint density at radius 1 is 0.844 bits per heavy atom. The molecule has 3 rings (SSSR count). The highest BCUT2D eigenvalue weighted by Crippen LogP contribution is 2.16. The molecule has 7 heteroatoms. The Bertz CT molecular complexity index is 1080. The molecule has 0 spiro atoms. The van der Waals surface area contributed by atoms with Crippen LogP contribution in [-0.4, -0.2) is 36.7 Å². The third-order valence-electron chi connectivity index (χ3n) is 4.11. The minimum absolute atomic E-state index is 0.187. The highest BCUT2D eigenvalue weighted by atomic mass is 32.3. The largest absolute Gasteiger partial charge is 0.726 e. The van der Waals surface area contributed by atoms with Gasteiger partial charge in [0.2, 0.25) is 10.4 Å². The summed E-state index contributed by atoms with van der Waals surface area (Å²) in [5.41, 5.74) is 2.15. The van der Waals surface area contributed by atoms with Crippen molar-refractivity contribution in [1.29, 1.82) is 0 Å². The number of hydrogen-bond donors (Lipinski definition) is 1. The van der Waals surface area contributed by atoms with Crippen LogP contribution in [0.1, 0.15) is 11.1 Å². The van der Waals surface area contributed by atoms with E-state index in [1.54, 1.807) is 18.2 Å². The minimum Gasteiger partial charge on any atom is -0.726 e. The van der Waals surface area contributed by atoms with Crippen LogP contribution in [-0.2, 0) is 25.5 Å². The molecule has 3 aromatic rings. The Kier molecular flexibility index (Phi) is 10.8. The molecule has 1 N–H and O–H groups in total. The molecule has 168 valence electrons. The molecule has 1 atom stereocenters. The maximum atomic E-state index is 10.0. The molecule has 0 saturated carbocycles. The molecule has 1 unspecified atom stereocenters. The van der Waals surface area contributed by atoms with E-state index < -0.39 is 10.4 Å².